The first-order chi connectivity index (χ1) is 16.5. The number of amides is 2. The second kappa shape index (κ2) is 11.1. The van der Waals surface area contributed by atoms with Gasteiger partial charge in [0.15, 0.2) is 0 Å². The van der Waals surface area contributed by atoms with E-state index in [-0.39, 0.29) is 24.2 Å². The summed E-state index contributed by atoms with van der Waals surface area (Å²) in [6, 6.07) is 24.4. The molecule has 4 nitrogen and oxygen atoms in total. The number of carbonyl (C=O) groups is 2. The van der Waals surface area contributed by atoms with Crippen molar-refractivity contribution in [2.24, 2.45) is 5.92 Å². The highest BCUT2D eigenvalue weighted by Crippen LogP contribution is 2.30. The van der Waals surface area contributed by atoms with Gasteiger partial charge in [0.1, 0.15) is 0 Å². The van der Waals surface area contributed by atoms with Gasteiger partial charge >= 0.3 is 0 Å². The van der Waals surface area contributed by atoms with Crippen molar-refractivity contribution in [3.8, 4) is 0 Å². The highest BCUT2D eigenvalue weighted by Gasteiger charge is 2.28. The molecule has 1 aliphatic rings. The van der Waals surface area contributed by atoms with E-state index in [1.807, 2.05) is 54.3 Å². The Labute approximate surface area is 203 Å². The largest absolute Gasteiger partial charge is 0.352 e. The Bertz CT molecular complexity index is 1130. The molecule has 4 heteroatoms. The summed E-state index contributed by atoms with van der Waals surface area (Å²) in [5.74, 6) is 0.261. The summed E-state index contributed by atoms with van der Waals surface area (Å²) in [5.41, 5.74) is 6.36. The minimum atomic E-state index is -0.0224. The second-order valence-electron chi connectivity index (χ2n) is 9.50. The van der Waals surface area contributed by atoms with Crippen LogP contribution in [0.3, 0.4) is 0 Å². The van der Waals surface area contributed by atoms with Crippen molar-refractivity contribution in [3.05, 3.63) is 101 Å². The van der Waals surface area contributed by atoms with Crippen LogP contribution in [0, 0.1) is 19.8 Å². The minimum Gasteiger partial charge on any atom is -0.352 e. The Morgan fingerprint density at radius 1 is 0.824 bits per heavy atom. The summed E-state index contributed by atoms with van der Waals surface area (Å²) in [5, 5.41) is 3.02. The van der Waals surface area contributed by atoms with Crippen LogP contribution in [0.2, 0.25) is 0 Å². The number of nitrogens with one attached hydrogen (secondary N) is 1. The number of hydrogen-bond donors (Lipinski definition) is 1. The van der Waals surface area contributed by atoms with E-state index in [1.165, 1.54) is 11.1 Å². The number of anilines is 1. The summed E-state index contributed by atoms with van der Waals surface area (Å²) < 4.78 is 0. The van der Waals surface area contributed by atoms with Crippen LogP contribution in [0.1, 0.15) is 53.5 Å². The molecule has 1 N–H and O–H groups in total. The van der Waals surface area contributed by atoms with Crippen LogP contribution >= 0.6 is 0 Å². The van der Waals surface area contributed by atoms with Gasteiger partial charge < -0.3 is 10.2 Å². The normalized spacial score (nSPS) is 13.6. The molecule has 0 saturated heterocycles. The molecular weight excluding hydrogens is 420 g/mol. The Balaban J connectivity index is 1.48. The first-order valence-corrected chi connectivity index (χ1v) is 12.3. The van der Waals surface area contributed by atoms with Gasteiger partial charge in [-0.1, -0.05) is 84.6 Å². The lowest BCUT2D eigenvalue weighted by Gasteiger charge is -2.26. The first kappa shape index (κ1) is 23.7. The van der Waals surface area contributed by atoms with E-state index in [4.69, 9.17) is 0 Å². The highest BCUT2D eigenvalue weighted by molar-refractivity contribution is 5.95. The van der Waals surface area contributed by atoms with Crippen LogP contribution < -0.4 is 10.2 Å². The van der Waals surface area contributed by atoms with E-state index in [0.29, 0.717) is 13.1 Å². The van der Waals surface area contributed by atoms with Gasteiger partial charge in [0.05, 0.1) is 13.0 Å². The van der Waals surface area contributed by atoms with Crippen LogP contribution in [0.15, 0.2) is 72.8 Å². The molecule has 1 aliphatic carbocycles. The summed E-state index contributed by atoms with van der Waals surface area (Å²) >= 11 is 0. The molecule has 0 heterocycles. The topological polar surface area (TPSA) is 49.4 Å². The Morgan fingerprint density at radius 3 is 2.26 bits per heavy atom. The molecule has 1 saturated carbocycles. The third kappa shape index (κ3) is 6.34. The third-order valence-electron chi connectivity index (χ3n) is 6.59. The van der Waals surface area contributed by atoms with Crippen molar-refractivity contribution >= 4 is 17.5 Å². The maximum absolute atomic E-state index is 13.5. The zero-order valence-corrected chi connectivity index (χ0v) is 20.2. The Morgan fingerprint density at radius 2 is 1.53 bits per heavy atom. The molecule has 34 heavy (non-hydrogen) atoms. The molecule has 1 fully saturated rings. The van der Waals surface area contributed by atoms with Crippen molar-refractivity contribution in [1.29, 1.82) is 0 Å². The molecule has 4 rings (SSSR count). The number of carbonyl (C=O) groups excluding carboxylic acids is 2. The van der Waals surface area contributed by atoms with Crippen molar-refractivity contribution in [2.45, 2.75) is 59.0 Å². The molecule has 0 radical (unpaired) electrons. The lowest BCUT2D eigenvalue weighted by molar-refractivity contribution is -0.122. The average molecular weight is 455 g/mol. The molecule has 0 spiro atoms. The van der Waals surface area contributed by atoms with E-state index in [9.17, 15) is 9.59 Å². The number of rotatable bonds is 8. The van der Waals surface area contributed by atoms with Crippen molar-refractivity contribution in [2.75, 3.05) is 4.90 Å². The van der Waals surface area contributed by atoms with Crippen LogP contribution in [0.4, 0.5) is 5.69 Å². The van der Waals surface area contributed by atoms with Gasteiger partial charge in [-0.2, -0.15) is 0 Å². The lowest BCUT2D eigenvalue weighted by Crippen LogP contribution is -2.35. The van der Waals surface area contributed by atoms with Gasteiger partial charge in [-0.15, -0.1) is 0 Å². The molecule has 3 aromatic carbocycles. The standard InChI is InChI=1S/C30H34N2O2/c1-22-13-15-24(16-14-22)21-32(30(34)27-10-3-4-11-27)28-12-6-8-25(18-28)19-29(33)31-20-26-9-5-7-23(2)17-26/h5-9,12-18,27H,3-4,10-11,19-21H2,1-2H3,(H,31,33). The molecule has 3 aromatic rings. The van der Waals surface area contributed by atoms with Gasteiger partial charge in [-0.25, -0.2) is 0 Å². The molecular formula is C30H34N2O2. The van der Waals surface area contributed by atoms with E-state index < -0.39 is 0 Å². The molecule has 2 amide bonds. The molecule has 0 aromatic heterocycles. The highest BCUT2D eigenvalue weighted by atomic mass is 16.2. The summed E-state index contributed by atoms with van der Waals surface area (Å²) in [7, 11) is 0. The predicted molar refractivity (Wildman–Crippen MR) is 137 cm³/mol. The van der Waals surface area contributed by atoms with E-state index in [2.05, 4.69) is 42.6 Å². The molecule has 176 valence electrons. The maximum Gasteiger partial charge on any atom is 0.230 e. The van der Waals surface area contributed by atoms with Gasteiger partial charge in [-0.3, -0.25) is 9.59 Å². The van der Waals surface area contributed by atoms with Crippen molar-refractivity contribution in [3.63, 3.8) is 0 Å². The fourth-order valence-corrected chi connectivity index (χ4v) is 4.67. The fraction of sp³-hybridized carbons (Fsp3) is 0.333. The zero-order chi connectivity index (χ0) is 23.9. The first-order valence-electron chi connectivity index (χ1n) is 12.3. The molecule has 0 atom stereocenters. The second-order valence-corrected chi connectivity index (χ2v) is 9.50. The van der Waals surface area contributed by atoms with Gasteiger partial charge in [0.25, 0.3) is 0 Å². The van der Waals surface area contributed by atoms with E-state index >= 15 is 0 Å². The maximum atomic E-state index is 13.5. The van der Waals surface area contributed by atoms with Crippen molar-refractivity contribution < 1.29 is 9.59 Å². The molecule has 0 unspecified atom stereocenters. The van der Waals surface area contributed by atoms with Gasteiger partial charge in [0, 0.05) is 18.2 Å². The van der Waals surface area contributed by atoms with E-state index in [0.717, 1.165) is 48.1 Å². The van der Waals surface area contributed by atoms with E-state index in [1.54, 1.807) is 0 Å². The zero-order valence-electron chi connectivity index (χ0n) is 20.2. The van der Waals surface area contributed by atoms with Crippen LogP contribution in [0.25, 0.3) is 0 Å². The predicted octanol–water partition coefficient (Wildman–Crippen LogP) is 5.89. The number of aryl methyl sites for hydroxylation is 2. The summed E-state index contributed by atoms with van der Waals surface area (Å²) in [6.07, 6.45) is 4.45. The van der Waals surface area contributed by atoms with Crippen molar-refractivity contribution in [1.82, 2.24) is 5.32 Å². The quantitative estimate of drug-likeness (QED) is 0.462. The monoisotopic (exact) mass is 454 g/mol. The number of nitrogens with zero attached hydrogens (tertiary/aromatic N) is 1. The van der Waals surface area contributed by atoms with Crippen LogP contribution in [-0.4, -0.2) is 11.8 Å². The van der Waals surface area contributed by atoms with Crippen LogP contribution in [0.5, 0.6) is 0 Å². The number of hydrogen-bond acceptors (Lipinski definition) is 2. The lowest BCUT2D eigenvalue weighted by atomic mass is 10.0. The molecule has 0 bridgehead atoms. The fourth-order valence-electron chi connectivity index (χ4n) is 4.67. The van der Waals surface area contributed by atoms with Crippen LogP contribution in [-0.2, 0) is 29.1 Å². The Hall–Kier alpha value is -3.40. The SMILES string of the molecule is Cc1ccc(CN(C(=O)C2CCCC2)c2cccc(CC(=O)NCc3cccc(C)c3)c2)cc1. The van der Waals surface area contributed by atoms with Gasteiger partial charge in [-0.05, 0) is 55.5 Å². The number of benzene rings is 3. The summed E-state index contributed by atoms with van der Waals surface area (Å²) in [6.45, 7) is 5.17. The molecule has 0 aliphatic heterocycles. The smallest absolute Gasteiger partial charge is 0.230 e. The third-order valence-corrected chi connectivity index (χ3v) is 6.59. The summed E-state index contributed by atoms with van der Waals surface area (Å²) in [4.78, 5) is 28.0. The Kier molecular flexibility index (Phi) is 7.79. The minimum absolute atomic E-state index is 0.0224. The van der Waals surface area contributed by atoms with Gasteiger partial charge in [0.2, 0.25) is 11.8 Å². The average Bonchev–Trinajstić information content (AvgIpc) is 3.37.